The Hall–Kier alpha value is -1.24. The molecule has 0 bridgehead atoms. The van der Waals surface area contributed by atoms with Crippen LogP contribution in [0, 0.1) is 5.82 Å². The molecule has 0 aliphatic heterocycles. The van der Waals surface area contributed by atoms with Crippen LogP contribution in [-0.4, -0.2) is 35.0 Å². The van der Waals surface area contributed by atoms with Crippen molar-refractivity contribution in [3.05, 3.63) is 23.6 Å². The Balaban J connectivity index is 2.96. The van der Waals surface area contributed by atoms with Gasteiger partial charge in [0.05, 0.1) is 19.4 Å². The van der Waals surface area contributed by atoms with Gasteiger partial charge in [0.25, 0.3) is 0 Å². The zero-order chi connectivity index (χ0) is 12.1. The lowest BCUT2D eigenvalue weighted by atomic mass is 10.0. The number of ether oxygens (including phenoxy) is 1. The van der Waals surface area contributed by atoms with Crippen LogP contribution >= 0.6 is 0 Å². The zero-order valence-corrected chi connectivity index (χ0v) is 8.93. The Bertz CT molecular complexity index is 349. The molecule has 5 nitrogen and oxygen atoms in total. The second kappa shape index (κ2) is 5.74. The third-order valence-corrected chi connectivity index (χ3v) is 2.18. The average Bonchev–Trinajstić information content (AvgIpc) is 2.28. The lowest BCUT2D eigenvalue weighted by Gasteiger charge is -2.18. The highest BCUT2D eigenvalue weighted by molar-refractivity contribution is 5.29. The normalized spacial score (nSPS) is 14.6. The largest absolute Gasteiger partial charge is 0.481 e. The molecule has 0 saturated heterocycles. The van der Waals surface area contributed by atoms with Crippen LogP contribution in [0.25, 0.3) is 0 Å². The lowest BCUT2D eigenvalue weighted by molar-refractivity contribution is 0.0131. The topological polar surface area (TPSA) is 88.6 Å². The maximum atomic E-state index is 13.0. The van der Waals surface area contributed by atoms with Crippen molar-refractivity contribution in [2.75, 3.05) is 13.7 Å². The highest BCUT2D eigenvalue weighted by atomic mass is 19.1. The van der Waals surface area contributed by atoms with E-state index in [9.17, 15) is 14.6 Å². The molecule has 1 rings (SSSR count). The van der Waals surface area contributed by atoms with Crippen LogP contribution in [0.5, 0.6) is 5.88 Å². The Morgan fingerprint density at radius 2 is 2.25 bits per heavy atom. The molecule has 2 atom stereocenters. The minimum absolute atomic E-state index is 0.0879. The number of nitrogens with zero attached hydrogens (tertiary/aromatic N) is 1. The molecule has 0 spiro atoms. The summed E-state index contributed by atoms with van der Waals surface area (Å²) in [5, 5.41) is 19.3. The van der Waals surface area contributed by atoms with E-state index in [1.54, 1.807) is 0 Å². The van der Waals surface area contributed by atoms with Crippen LogP contribution in [-0.2, 0) is 0 Å². The van der Waals surface area contributed by atoms with E-state index in [4.69, 9.17) is 10.5 Å². The van der Waals surface area contributed by atoms with Gasteiger partial charge in [0.15, 0.2) is 0 Å². The second-order valence-corrected chi connectivity index (χ2v) is 3.34. The number of aliphatic hydroxyl groups is 2. The molecule has 1 aromatic heterocycles. The Labute approximate surface area is 92.7 Å². The van der Waals surface area contributed by atoms with Crippen molar-refractivity contribution < 1.29 is 19.3 Å². The molecule has 0 saturated carbocycles. The number of aliphatic hydroxyl groups excluding tert-OH is 2. The summed E-state index contributed by atoms with van der Waals surface area (Å²) in [6.45, 7) is 0.225. The first-order valence-electron chi connectivity index (χ1n) is 4.85. The van der Waals surface area contributed by atoms with E-state index in [1.165, 1.54) is 7.11 Å². The molecule has 0 aromatic carbocycles. The van der Waals surface area contributed by atoms with Crippen molar-refractivity contribution in [2.24, 2.45) is 5.73 Å². The number of methoxy groups -OCH3 is 1. The van der Waals surface area contributed by atoms with Gasteiger partial charge < -0.3 is 20.7 Å². The van der Waals surface area contributed by atoms with Crippen LogP contribution in [0.15, 0.2) is 12.3 Å². The molecule has 1 heterocycles. The van der Waals surface area contributed by atoms with Crippen molar-refractivity contribution in [1.29, 1.82) is 0 Å². The van der Waals surface area contributed by atoms with Crippen LogP contribution in [0.4, 0.5) is 4.39 Å². The quantitative estimate of drug-likeness (QED) is 0.661. The summed E-state index contributed by atoms with van der Waals surface area (Å²) < 4.78 is 17.8. The molecule has 0 aliphatic carbocycles. The second-order valence-electron chi connectivity index (χ2n) is 3.34. The molecular weight excluding hydrogens is 215 g/mol. The van der Waals surface area contributed by atoms with Crippen molar-refractivity contribution in [1.82, 2.24) is 4.98 Å². The van der Waals surface area contributed by atoms with E-state index >= 15 is 0 Å². The molecule has 0 amide bonds. The fourth-order valence-corrected chi connectivity index (χ4v) is 1.36. The van der Waals surface area contributed by atoms with Gasteiger partial charge in [0.2, 0.25) is 5.88 Å². The maximum absolute atomic E-state index is 13.0. The highest BCUT2D eigenvalue weighted by Crippen LogP contribution is 2.26. The monoisotopic (exact) mass is 230 g/mol. The van der Waals surface area contributed by atoms with E-state index in [0.29, 0.717) is 0 Å². The standard InChI is InChI=1S/C10H15FN2O3/c1-16-10-7(4-6(11)5-13-10)9(15)8(14)2-3-12/h4-5,8-9,14-15H,2-3,12H2,1H3. The summed E-state index contributed by atoms with van der Waals surface area (Å²) in [6, 6.07) is 1.08. The SMILES string of the molecule is COc1ncc(F)cc1C(O)C(O)CCN. The Kier molecular flexibility index (Phi) is 4.60. The van der Waals surface area contributed by atoms with Gasteiger partial charge in [0.1, 0.15) is 11.9 Å². The number of nitrogens with two attached hydrogens (primary N) is 1. The average molecular weight is 230 g/mol. The van der Waals surface area contributed by atoms with Crippen molar-refractivity contribution in [2.45, 2.75) is 18.6 Å². The first-order valence-corrected chi connectivity index (χ1v) is 4.85. The molecule has 2 unspecified atom stereocenters. The Morgan fingerprint density at radius 1 is 1.56 bits per heavy atom. The summed E-state index contributed by atoms with van der Waals surface area (Å²) in [4.78, 5) is 3.66. The first-order chi connectivity index (χ1) is 7.60. The van der Waals surface area contributed by atoms with Gasteiger partial charge in [-0.1, -0.05) is 0 Å². The predicted molar refractivity (Wildman–Crippen MR) is 55.4 cm³/mol. The summed E-state index contributed by atoms with van der Waals surface area (Å²) in [6.07, 6.45) is -1.14. The van der Waals surface area contributed by atoms with Crippen LogP contribution in [0.2, 0.25) is 0 Å². The predicted octanol–water partition coefficient (Wildman–Crippen LogP) is -0.0276. The minimum Gasteiger partial charge on any atom is -0.481 e. The van der Waals surface area contributed by atoms with Gasteiger partial charge in [-0.15, -0.1) is 0 Å². The van der Waals surface area contributed by atoms with Crippen molar-refractivity contribution in [3.8, 4) is 5.88 Å². The third kappa shape index (κ3) is 2.88. The fourth-order valence-electron chi connectivity index (χ4n) is 1.36. The fraction of sp³-hybridized carbons (Fsp3) is 0.500. The van der Waals surface area contributed by atoms with Crippen molar-refractivity contribution in [3.63, 3.8) is 0 Å². The molecule has 16 heavy (non-hydrogen) atoms. The summed E-state index contributed by atoms with van der Waals surface area (Å²) in [7, 11) is 1.35. The first kappa shape index (κ1) is 12.8. The molecule has 0 fully saturated rings. The van der Waals surface area contributed by atoms with E-state index in [1.807, 2.05) is 0 Å². The molecule has 1 aromatic rings. The third-order valence-electron chi connectivity index (χ3n) is 2.18. The number of rotatable bonds is 5. The van der Waals surface area contributed by atoms with E-state index in [0.717, 1.165) is 12.3 Å². The molecule has 90 valence electrons. The lowest BCUT2D eigenvalue weighted by Crippen LogP contribution is -2.22. The van der Waals surface area contributed by atoms with Gasteiger partial charge in [-0.3, -0.25) is 0 Å². The summed E-state index contributed by atoms with van der Waals surface area (Å²) in [5.41, 5.74) is 5.37. The smallest absolute Gasteiger partial charge is 0.219 e. The van der Waals surface area contributed by atoms with Crippen LogP contribution in [0.1, 0.15) is 18.1 Å². The Morgan fingerprint density at radius 3 is 2.81 bits per heavy atom. The highest BCUT2D eigenvalue weighted by Gasteiger charge is 2.22. The van der Waals surface area contributed by atoms with Crippen molar-refractivity contribution >= 4 is 0 Å². The molecular formula is C10H15FN2O3. The summed E-state index contributed by atoms with van der Waals surface area (Å²) in [5.74, 6) is -0.514. The summed E-state index contributed by atoms with van der Waals surface area (Å²) >= 11 is 0. The number of pyridine rings is 1. The van der Waals surface area contributed by atoms with E-state index in [2.05, 4.69) is 4.98 Å². The molecule has 0 aliphatic rings. The van der Waals surface area contributed by atoms with Gasteiger partial charge in [-0.2, -0.15) is 0 Å². The zero-order valence-electron chi connectivity index (χ0n) is 8.93. The maximum Gasteiger partial charge on any atom is 0.219 e. The number of aromatic nitrogens is 1. The van der Waals surface area contributed by atoms with Gasteiger partial charge in [-0.05, 0) is 19.0 Å². The molecule has 4 N–H and O–H groups in total. The van der Waals surface area contributed by atoms with E-state index in [-0.39, 0.29) is 24.4 Å². The van der Waals surface area contributed by atoms with Gasteiger partial charge in [0, 0.05) is 5.56 Å². The molecule has 6 heteroatoms. The van der Waals surface area contributed by atoms with Gasteiger partial charge in [-0.25, -0.2) is 9.37 Å². The van der Waals surface area contributed by atoms with Gasteiger partial charge >= 0.3 is 0 Å². The minimum atomic E-state index is -1.26. The number of hydrogen-bond acceptors (Lipinski definition) is 5. The van der Waals surface area contributed by atoms with Crippen LogP contribution < -0.4 is 10.5 Å². The van der Waals surface area contributed by atoms with E-state index < -0.39 is 18.0 Å². The molecule has 0 radical (unpaired) electrons. The van der Waals surface area contributed by atoms with Crippen LogP contribution in [0.3, 0.4) is 0 Å². The number of hydrogen-bond donors (Lipinski definition) is 3. The number of halogens is 1.